The Labute approximate surface area is 151 Å². The van der Waals surface area contributed by atoms with E-state index in [4.69, 9.17) is 9.26 Å². The normalized spacial score (nSPS) is 10.7. The van der Waals surface area contributed by atoms with Crippen molar-refractivity contribution in [2.24, 2.45) is 0 Å². The van der Waals surface area contributed by atoms with E-state index in [0.29, 0.717) is 17.1 Å². The molecule has 1 amide bonds. The highest BCUT2D eigenvalue weighted by molar-refractivity contribution is 6.03. The predicted octanol–water partition coefficient (Wildman–Crippen LogP) is 3.73. The van der Waals surface area contributed by atoms with E-state index in [-0.39, 0.29) is 18.2 Å². The summed E-state index contributed by atoms with van der Waals surface area (Å²) < 4.78 is 12.7. The monoisotopic (exact) mass is 354 g/mol. The van der Waals surface area contributed by atoms with E-state index in [2.05, 4.69) is 22.5 Å². The molecule has 0 saturated carbocycles. The van der Waals surface area contributed by atoms with Gasteiger partial charge < -0.3 is 14.6 Å². The van der Waals surface area contributed by atoms with Gasteiger partial charge in [-0.2, -0.15) is 5.10 Å². The first-order valence-corrected chi connectivity index (χ1v) is 8.57. The second-order valence-corrected chi connectivity index (χ2v) is 6.02. The number of rotatable bonds is 7. The highest BCUT2D eigenvalue weighted by atomic mass is 16.5. The molecule has 0 unspecified atom stereocenters. The number of nitrogens with one attached hydrogen (secondary N) is 1. The number of para-hydroxylation sites is 1. The maximum Gasteiger partial charge on any atom is 0.279 e. The average Bonchev–Trinajstić information content (AvgIpc) is 3.16. The molecule has 26 heavy (non-hydrogen) atoms. The van der Waals surface area contributed by atoms with Crippen molar-refractivity contribution in [3.05, 3.63) is 59.1 Å². The highest BCUT2D eigenvalue weighted by Gasteiger charge is 2.21. The van der Waals surface area contributed by atoms with Gasteiger partial charge in [0.1, 0.15) is 23.9 Å². The minimum absolute atomic E-state index is 0.204. The molecule has 2 aromatic heterocycles. The molecule has 0 radical (unpaired) electrons. The van der Waals surface area contributed by atoms with Gasteiger partial charge in [0.15, 0.2) is 5.69 Å². The van der Waals surface area contributed by atoms with E-state index in [9.17, 15) is 4.79 Å². The van der Waals surface area contributed by atoms with Crippen molar-refractivity contribution in [3.8, 4) is 5.75 Å². The molecule has 0 aliphatic rings. The Balaban J connectivity index is 1.76. The first kappa shape index (κ1) is 17.7. The zero-order valence-corrected chi connectivity index (χ0v) is 15.2. The molecule has 0 saturated heterocycles. The molecule has 0 bridgehead atoms. The van der Waals surface area contributed by atoms with Crippen LogP contribution in [-0.2, 0) is 13.2 Å². The van der Waals surface area contributed by atoms with Crippen LogP contribution in [0.3, 0.4) is 0 Å². The Hall–Kier alpha value is -3.09. The fraction of sp³-hybridized carbons (Fsp3) is 0.316. The average molecular weight is 354 g/mol. The SMILES string of the molecule is CCCn1nc(C)cc1NC(=O)c1noc(C)c1COc1ccccc1. The van der Waals surface area contributed by atoms with E-state index in [1.165, 1.54) is 0 Å². The third-order valence-electron chi connectivity index (χ3n) is 3.91. The molecule has 1 N–H and O–H groups in total. The zero-order chi connectivity index (χ0) is 18.5. The minimum Gasteiger partial charge on any atom is -0.489 e. The minimum atomic E-state index is -0.342. The van der Waals surface area contributed by atoms with Crippen LogP contribution in [0.1, 0.15) is 40.9 Å². The lowest BCUT2D eigenvalue weighted by Gasteiger charge is -2.08. The molecule has 0 spiro atoms. The summed E-state index contributed by atoms with van der Waals surface area (Å²) in [5, 5.41) is 11.2. The van der Waals surface area contributed by atoms with Gasteiger partial charge in [-0.1, -0.05) is 30.3 Å². The lowest BCUT2D eigenvalue weighted by atomic mass is 10.2. The molecule has 0 atom stereocenters. The third-order valence-corrected chi connectivity index (χ3v) is 3.91. The van der Waals surface area contributed by atoms with Gasteiger partial charge in [-0.25, -0.2) is 4.68 Å². The summed E-state index contributed by atoms with van der Waals surface area (Å²) in [6.07, 6.45) is 0.920. The summed E-state index contributed by atoms with van der Waals surface area (Å²) in [6.45, 7) is 6.64. The maximum atomic E-state index is 12.7. The molecular formula is C19H22N4O3. The molecule has 7 heteroatoms. The standard InChI is InChI=1S/C19H22N4O3/c1-4-10-23-17(11-13(2)21-23)20-19(24)18-16(14(3)26-22-18)12-25-15-8-6-5-7-9-15/h5-9,11H,4,10,12H2,1-3H3,(H,20,24). The molecule has 0 aliphatic heterocycles. The topological polar surface area (TPSA) is 82.2 Å². The second kappa shape index (κ2) is 7.86. The number of carbonyl (C=O) groups excluding carboxylic acids is 1. The number of anilines is 1. The lowest BCUT2D eigenvalue weighted by molar-refractivity contribution is 0.101. The number of aromatic nitrogens is 3. The highest BCUT2D eigenvalue weighted by Crippen LogP contribution is 2.19. The number of ether oxygens (including phenoxy) is 1. The summed E-state index contributed by atoms with van der Waals surface area (Å²) in [4.78, 5) is 12.7. The molecular weight excluding hydrogens is 332 g/mol. The van der Waals surface area contributed by atoms with Crippen LogP contribution >= 0.6 is 0 Å². The maximum absolute atomic E-state index is 12.7. The van der Waals surface area contributed by atoms with Gasteiger partial charge >= 0.3 is 0 Å². The summed E-state index contributed by atoms with van der Waals surface area (Å²) >= 11 is 0. The predicted molar refractivity (Wildman–Crippen MR) is 97.2 cm³/mol. The summed E-state index contributed by atoms with van der Waals surface area (Å²) in [5.41, 5.74) is 1.70. The van der Waals surface area contributed by atoms with E-state index in [0.717, 1.165) is 24.4 Å². The molecule has 1 aromatic carbocycles. The summed E-state index contributed by atoms with van der Waals surface area (Å²) in [7, 11) is 0. The smallest absolute Gasteiger partial charge is 0.279 e. The van der Waals surface area contributed by atoms with Gasteiger partial charge in [-0.3, -0.25) is 4.79 Å². The van der Waals surface area contributed by atoms with Crippen molar-refractivity contribution in [2.75, 3.05) is 5.32 Å². The van der Waals surface area contributed by atoms with Gasteiger partial charge in [0.2, 0.25) is 0 Å². The molecule has 7 nitrogen and oxygen atoms in total. The Bertz CT molecular complexity index is 884. The largest absolute Gasteiger partial charge is 0.489 e. The third kappa shape index (κ3) is 3.93. The number of hydrogen-bond donors (Lipinski definition) is 1. The van der Waals surface area contributed by atoms with Gasteiger partial charge in [-0.15, -0.1) is 0 Å². The second-order valence-electron chi connectivity index (χ2n) is 6.02. The lowest BCUT2D eigenvalue weighted by Crippen LogP contribution is -2.18. The Morgan fingerprint density at radius 3 is 2.77 bits per heavy atom. The van der Waals surface area contributed by atoms with Gasteiger partial charge in [-0.05, 0) is 32.4 Å². The van der Waals surface area contributed by atoms with Crippen molar-refractivity contribution in [2.45, 2.75) is 40.3 Å². The number of carbonyl (C=O) groups is 1. The van der Waals surface area contributed by atoms with Crippen molar-refractivity contribution >= 4 is 11.7 Å². The number of aryl methyl sites for hydroxylation is 3. The van der Waals surface area contributed by atoms with Crippen molar-refractivity contribution in [3.63, 3.8) is 0 Å². The van der Waals surface area contributed by atoms with Gasteiger partial charge in [0.05, 0.1) is 11.3 Å². The van der Waals surface area contributed by atoms with E-state index in [1.54, 1.807) is 11.6 Å². The number of nitrogens with zero attached hydrogens (tertiary/aromatic N) is 3. The fourth-order valence-corrected chi connectivity index (χ4v) is 2.62. The zero-order valence-electron chi connectivity index (χ0n) is 15.2. The number of hydrogen-bond acceptors (Lipinski definition) is 5. The molecule has 0 aliphatic carbocycles. The fourth-order valence-electron chi connectivity index (χ4n) is 2.62. The number of amides is 1. The molecule has 3 aromatic rings. The van der Waals surface area contributed by atoms with Crippen LogP contribution in [0.4, 0.5) is 5.82 Å². The summed E-state index contributed by atoms with van der Waals surface area (Å²) in [6, 6.07) is 11.2. The van der Waals surface area contributed by atoms with Crippen LogP contribution in [0.5, 0.6) is 5.75 Å². The van der Waals surface area contributed by atoms with E-state index >= 15 is 0 Å². The van der Waals surface area contributed by atoms with Crippen molar-refractivity contribution < 1.29 is 14.1 Å². The van der Waals surface area contributed by atoms with Crippen LogP contribution in [-0.4, -0.2) is 20.8 Å². The van der Waals surface area contributed by atoms with Crippen LogP contribution in [0.15, 0.2) is 40.9 Å². The van der Waals surface area contributed by atoms with Gasteiger partial charge in [0.25, 0.3) is 5.91 Å². The van der Waals surface area contributed by atoms with Crippen molar-refractivity contribution in [1.82, 2.24) is 14.9 Å². The van der Waals surface area contributed by atoms with Crippen LogP contribution in [0.2, 0.25) is 0 Å². The Kier molecular flexibility index (Phi) is 5.36. The molecule has 2 heterocycles. The van der Waals surface area contributed by atoms with Crippen molar-refractivity contribution in [1.29, 1.82) is 0 Å². The Morgan fingerprint density at radius 2 is 2.04 bits per heavy atom. The molecule has 3 rings (SSSR count). The van der Waals surface area contributed by atoms with E-state index in [1.807, 2.05) is 43.3 Å². The molecule has 0 fully saturated rings. The van der Waals surface area contributed by atoms with Crippen LogP contribution < -0.4 is 10.1 Å². The van der Waals surface area contributed by atoms with Gasteiger partial charge in [0, 0.05) is 12.6 Å². The van der Waals surface area contributed by atoms with E-state index < -0.39 is 0 Å². The Morgan fingerprint density at radius 1 is 1.27 bits per heavy atom. The first-order chi connectivity index (χ1) is 12.6. The number of benzene rings is 1. The quantitative estimate of drug-likeness (QED) is 0.699. The molecule has 136 valence electrons. The summed E-state index contributed by atoms with van der Waals surface area (Å²) in [5.74, 6) is 1.58. The first-order valence-electron chi connectivity index (χ1n) is 8.57. The van der Waals surface area contributed by atoms with Crippen LogP contribution in [0, 0.1) is 13.8 Å². The van der Waals surface area contributed by atoms with Crippen LogP contribution in [0.25, 0.3) is 0 Å².